The van der Waals surface area contributed by atoms with E-state index < -0.39 is 15.9 Å². The fraction of sp³-hybridized carbons (Fsp3) is 0.417. The number of sulfonamides is 1. The second-order valence-corrected chi connectivity index (χ2v) is 10.4. The molecule has 0 aromatic heterocycles. The molecule has 2 aromatic carbocycles. The van der Waals surface area contributed by atoms with E-state index in [4.69, 9.17) is 4.74 Å². The van der Waals surface area contributed by atoms with E-state index in [9.17, 15) is 18.0 Å². The molecule has 2 aromatic rings. The first-order chi connectivity index (χ1) is 15.6. The Balaban J connectivity index is 1.49. The molecular formula is C24H31N3O5S. The van der Waals surface area contributed by atoms with Crippen molar-refractivity contribution >= 4 is 21.8 Å². The Kier molecular flexibility index (Phi) is 7.76. The highest BCUT2D eigenvalue weighted by Crippen LogP contribution is 2.28. The van der Waals surface area contributed by atoms with Crippen LogP contribution >= 0.6 is 0 Å². The highest BCUT2D eigenvalue weighted by molar-refractivity contribution is 7.89. The van der Waals surface area contributed by atoms with Gasteiger partial charge in [-0.15, -0.1) is 0 Å². The number of carbonyl (C=O) groups is 2. The van der Waals surface area contributed by atoms with Crippen LogP contribution in [-0.4, -0.2) is 44.2 Å². The molecule has 178 valence electrons. The number of nitrogens with zero attached hydrogens (tertiary/aromatic N) is 1. The Bertz CT molecular complexity index is 1120. The molecule has 0 radical (unpaired) electrons. The van der Waals surface area contributed by atoms with Gasteiger partial charge in [-0.1, -0.05) is 29.8 Å². The summed E-state index contributed by atoms with van der Waals surface area (Å²) in [5.74, 6) is -0.618. The second kappa shape index (κ2) is 10.4. The zero-order valence-electron chi connectivity index (χ0n) is 19.5. The van der Waals surface area contributed by atoms with Gasteiger partial charge in [0.15, 0.2) is 6.61 Å². The third-order valence-electron chi connectivity index (χ3n) is 5.71. The van der Waals surface area contributed by atoms with E-state index in [1.54, 1.807) is 19.9 Å². The van der Waals surface area contributed by atoms with E-state index in [2.05, 4.69) is 10.9 Å². The van der Waals surface area contributed by atoms with Crippen LogP contribution in [0.4, 0.5) is 0 Å². The minimum absolute atomic E-state index is 0.227. The SMILES string of the molecule is Cc1cccc(OCC(=O)NNC(=O)C2CCN(S(=O)(=O)c3c(C)cc(C)cc3C)CC2)c1. The maximum Gasteiger partial charge on any atom is 0.276 e. The van der Waals surface area contributed by atoms with Crippen LogP contribution in [0.1, 0.15) is 35.1 Å². The van der Waals surface area contributed by atoms with Gasteiger partial charge in [-0.25, -0.2) is 8.42 Å². The number of amides is 2. The second-order valence-electron chi connectivity index (χ2n) is 8.55. The molecule has 0 unspecified atom stereocenters. The molecule has 1 saturated heterocycles. The average molecular weight is 474 g/mol. The van der Waals surface area contributed by atoms with Crippen molar-refractivity contribution in [3.63, 3.8) is 0 Å². The maximum absolute atomic E-state index is 13.2. The number of hydrazine groups is 1. The standard InChI is InChI=1S/C24H31N3O5S/c1-16-6-5-7-21(14-16)32-15-22(28)25-26-24(29)20-8-10-27(11-9-20)33(30,31)23-18(3)12-17(2)13-19(23)4/h5-7,12-14,20H,8-11,15H2,1-4H3,(H,25,28)(H,26,29). The molecule has 2 N–H and O–H groups in total. The van der Waals surface area contributed by atoms with Gasteiger partial charge in [-0.05, 0) is 69.4 Å². The molecule has 3 rings (SSSR count). The van der Waals surface area contributed by atoms with Gasteiger partial charge in [-0.2, -0.15) is 4.31 Å². The maximum atomic E-state index is 13.2. The quantitative estimate of drug-likeness (QED) is 0.628. The van der Waals surface area contributed by atoms with Crippen LogP contribution in [0.25, 0.3) is 0 Å². The van der Waals surface area contributed by atoms with E-state index in [1.165, 1.54) is 4.31 Å². The van der Waals surface area contributed by atoms with Gasteiger partial charge < -0.3 is 4.74 Å². The van der Waals surface area contributed by atoms with Crippen LogP contribution in [-0.2, 0) is 19.6 Å². The Morgan fingerprint density at radius 3 is 2.21 bits per heavy atom. The lowest BCUT2D eigenvalue weighted by Crippen LogP contribution is -2.49. The predicted octanol–water partition coefficient (Wildman–Crippen LogP) is 2.55. The highest BCUT2D eigenvalue weighted by atomic mass is 32.2. The van der Waals surface area contributed by atoms with Crippen molar-refractivity contribution in [3.8, 4) is 5.75 Å². The van der Waals surface area contributed by atoms with Crippen LogP contribution in [0.3, 0.4) is 0 Å². The van der Waals surface area contributed by atoms with Crippen molar-refractivity contribution < 1.29 is 22.7 Å². The molecule has 1 fully saturated rings. The number of nitrogens with one attached hydrogen (secondary N) is 2. The first kappa shape index (κ1) is 24.7. The van der Waals surface area contributed by atoms with Crippen LogP contribution < -0.4 is 15.6 Å². The molecule has 1 heterocycles. The Hall–Kier alpha value is -2.91. The fourth-order valence-electron chi connectivity index (χ4n) is 4.18. The van der Waals surface area contributed by atoms with Crippen LogP contribution in [0.2, 0.25) is 0 Å². The van der Waals surface area contributed by atoms with Crippen LogP contribution in [0.15, 0.2) is 41.3 Å². The van der Waals surface area contributed by atoms with Crippen molar-refractivity contribution in [3.05, 3.63) is 58.7 Å². The third kappa shape index (κ3) is 6.11. The molecule has 0 spiro atoms. The number of hydrogen-bond acceptors (Lipinski definition) is 5. The molecule has 1 aliphatic rings. The summed E-state index contributed by atoms with van der Waals surface area (Å²) in [6, 6.07) is 11.1. The van der Waals surface area contributed by atoms with E-state index in [0.717, 1.165) is 22.3 Å². The highest BCUT2D eigenvalue weighted by Gasteiger charge is 2.33. The first-order valence-corrected chi connectivity index (χ1v) is 12.4. The lowest BCUT2D eigenvalue weighted by Gasteiger charge is -2.31. The zero-order valence-corrected chi connectivity index (χ0v) is 20.3. The number of ether oxygens (including phenoxy) is 1. The molecule has 9 heteroatoms. The Labute approximate surface area is 195 Å². The van der Waals surface area contributed by atoms with Crippen molar-refractivity contribution in [1.82, 2.24) is 15.2 Å². The third-order valence-corrected chi connectivity index (χ3v) is 7.92. The van der Waals surface area contributed by atoms with Crippen molar-refractivity contribution in [1.29, 1.82) is 0 Å². The number of benzene rings is 2. The van der Waals surface area contributed by atoms with Gasteiger partial charge in [-0.3, -0.25) is 20.4 Å². The topological polar surface area (TPSA) is 105 Å². The number of rotatable bonds is 6. The van der Waals surface area contributed by atoms with Crippen LogP contribution in [0, 0.1) is 33.6 Å². The fourth-order valence-corrected chi connectivity index (χ4v) is 6.07. The minimum atomic E-state index is -3.64. The Morgan fingerprint density at radius 2 is 1.61 bits per heavy atom. The van der Waals surface area contributed by atoms with E-state index in [0.29, 0.717) is 23.5 Å². The van der Waals surface area contributed by atoms with E-state index in [-0.39, 0.29) is 31.5 Å². The summed E-state index contributed by atoms with van der Waals surface area (Å²) in [7, 11) is -3.64. The largest absolute Gasteiger partial charge is 0.484 e. The molecule has 0 bridgehead atoms. The monoisotopic (exact) mass is 473 g/mol. The van der Waals surface area contributed by atoms with Gasteiger partial charge >= 0.3 is 0 Å². The molecule has 33 heavy (non-hydrogen) atoms. The molecule has 1 aliphatic heterocycles. The predicted molar refractivity (Wildman–Crippen MR) is 125 cm³/mol. The molecule has 0 aliphatic carbocycles. The lowest BCUT2D eigenvalue weighted by molar-refractivity contribution is -0.132. The average Bonchev–Trinajstić information content (AvgIpc) is 2.75. The number of piperidine rings is 1. The summed E-state index contributed by atoms with van der Waals surface area (Å²) in [6.45, 7) is 7.74. The molecule has 2 amide bonds. The molecular weight excluding hydrogens is 442 g/mol. The number of aryl methyl sites for hydroxylation is 4. The summed E-state index contributed by atoms with van der Waals surface area (Å²) in [5.41, 5.74) is 8.26. The summed E-state index contributed by atoms with van der Waals surface area (Å²) < 4.78 is 33.2. The lowest BCUT2D eigenvalue weighted by atomic mass is 9.98. The summed E-state index contributed by atoms with van der Waals surface area (Å²) in [6.07, 6.45) is 0.759. The van der Waals surface area contributed by atoms with Crippen molar-refractivity contribution in [2.45, 2.75) is 45.4 Å². The van der Waals surface area contributed by atoms with Crippen molar-refractivity contribution in [2.75, 3.05) is 19.7 Å². The van der Waals surface area contributed by atoms with Crippen molar-refractivity contribution in [2.24, 2.45) is 5.92 Å². The van der Waals surface area contributed by atoms with Gasteiger partial charge in [0.05, 0.1) is 4.90 Å². The van der Waals surface area contributed by atoms with Gasteiger partial charge in [0.25, 0.3) is 5.91 Å². The first-order valence-electron chi connectivity index (χ1n) is 10.9. The van der Waals surface area contributed by atoms with Gasteiger partial charge in [0.1, 0.15) is 5.75 Å². The smallest absolute Gasteiger partial charge is 0.276 e. The number of carbonyl (C=O) groups excluding carboxylic acids is 2. The molecule has 0 atom stereocenters. The summed E-state index contributed by atoms with van der Waals surface area (Å²) in [5, 5.41) is 0. The summed E-state index contributed by atoms with van der Waals surface area (Å²) in [4.78, 5) is 24.8. The Morgan fingerprint density at radius 1 is 0.970 bits per heavy atom. The minimum Gasteiger partial charge on any atom is -0.484 e. The van der Waals surface area contributed by atoms with Gasteiger partial charge in [0.2, 0.25) is 15.9 Å². The molecule has 0 saturated carbocycles. The van der Waals surface area contributed by atoms with E-state index in [1.807, 2.05) is 44.2 Å². The summed E-state index contributed by atoms with van der Waals surface area (Å²) >= 11 is 0. The zero-order chi connectivity index (χ0) is 24.2. The van der Waals surface area contributed by atoms with E-state index >= 15 is 0 Å². The molecule has 8 nitrogen and oxygen atoms in total. The van der Waals surface area contributed by atoms with Crippen LogP contribution in [0.5, 0.6) is 5.75 Å². The normalized spacial score (nSPS) is 15.2. The van der Waals surface area contributed by atoms with Gasteiger partial charge in [0, 0.05) is 19.0 Å². The number of hydrogen-bond donors (Lipinski definition) is 2.